The maximum Gasteiger partial charge on any atom is 0.0991 e. The molecule has 0 radical (unpaired) electrons. The first-order valence-corrected chi connectivity index (χ1v) is 16.2. The molecule has 3 nitrogen and oxygen atoms in total. The number of aromatic nitrogens is 2. The van der Waals surface area contributed by atoms with E-state index in [0.717, 1.165) is 22.1 Å². The zero-order valence-corrected chi connectivity index (χ0v) is 25.9. The lowest BCUT2D eigenvalue weighted by atomic mass is 9.99. The number of rotatable bonds is 3. The lowest BCUT2D eigenvalue weighted by molar-refractivity contribution is 1.18. The molecule has 10 rings (SSSR count). The van der Waals surface area contributed by atoms with E-state index in [1.54, 1.807) is 0 Å². The van der Waals surface area contributed by atoms with Gasteiger partial charge in [-0.3, -0.25) is 0 Å². The molecule has 0 bridgehead atoms. The molecule has 0 N–H and O–H groups in total. The number of fused-ring (bicyclic) bond motifs is 9. The Morgan fingerprint density at radius 3 is 1.90 bits per heavy atom. The van der Waals surface area contributed by atoms with Crippen LogP contribution in [-0.2, 0) is 0 Å². The van der Waals surface area contributed by atoms with E-state index in [9.17, 15) is 5.26 Å². The summed E-state index contributed by atoms with van der Waals surface area (Å²) in [6.07, 6.45) is 0. The van der Waals surface area contributed by atoms with Crippen LogP contribution in [0.3, 0.4) is 0 Å². The monoisotopic (exact) mass is 609 g/mol. The minimum Gasteiger partial charge on any atom is -0.309 e. The van der Waals surface area contributed by atoms with Crippen LogP contribution in [0, 0.1) is 11.3 Å². The second-order valence-corrected chi connectivity index (χ2v) is 12.5. The van der Waals surface area contributed by atoms with E-state index < -0.39 is 0 Å². The summed E-state index contributed by atoms with van der Waals surface area (Å²) >= 11 is 0. The number of hydrogen-bond donors (Lipinski definition) is 0. The molecule has 2 aromatic heterocycles. The van der Waals surface area contributed by atoms with Crippen molar-refractivity contribution in [1.29, 1.82) is 5.26 Å². The van der Waals surface area contributed by atoms with Crippen LogP contribution in [0.15, 0.2) is 164 Å². The fourth-order valence-corrected chi connectivity index (χ4v) is 7.77. The summed E-state index contributed by atoms with van der Waals surface area (Å²) in [4.78, 5) is 0. The van der Waals surface area contributed by atoms with Crippen molar-refractivity contribution in [1.82, 2.24) is 9.13 Å². The Balaban J connectivity index is 1.28. The fourth-order valence-electron chi connectivity index (χ4n) is 7.77. The van der Waals surface area contributed by atoms with Gasteiger partial charge < -0.3 is 9.13 Å². The van der Waals surface area contributed by atoms with Crippen molar-refractivity contribution < 1.29 is 0 Å². The molecule has 48 heavy (non-hydrogen) atoms. The first-order valence-electron chi connectivity index (χ1n) is 16.2. The molecule has 2 heterocycles. The standard InChI is InChI=1S/C45H27N3/c46-28-29-17-23-35-31(25-29)19-18-30-20-22-34(27-41(30)35)48-43-16-7-5-12-38(43)40-14-8-13-36(45(40)48)32-21-24-39-37-11-4-6-15-42(37)47(44(39)26-32)33-9-2-1-3-10-33/h1-27H. The van der Waals surface area contributed by atoms with Crippen molar-refractivity contribution >= 4 is 65.2 Å². The molecule has 0 saturated carbocycles. The molecule has 0 fully saturated rings. The molecular weight excluding hydrogens is 583 g/mol. The number of para-hydroxylation sites is 4. The zero-order valence-electron chi connectivity index (χ0n) is 25.9. The molecule has 0 aliphatic carbocycles. The Hall–Kier alpha value is -6.63. The molecule has 222 valence electrons. The molecule has 0 aliphatic rings. The zero-order chi connectivity index (χ0) is 31.8. The maximum atomic E-state index is 9.51. The first kappa shape index (κ1) is 26.6. The van der Waals surface area contributed by atoms with Crippen LogP contribution in [0.25, 0.3) is 87.7 Å². The van der Waals surface area contributed by atoms with E-state index in [0.29, 0.717) is 5.56 Å². The van der Waals surface area contributed by atoms with Crippen LogP contribution < -0.4 is 0 Å². The number of nitrogens with zero attached hydrogens (tertiary/aromatic N) is 3. The summed E-state index contributed by atoms with van der Waals surface area (Å²) in [5, 5.41) is 19.0. The minimum atomic E-state index is 0.674. The van der Waals surface area contributed by atoms with Crippen molar-refractivity contribution in [2.45, 2.75) is 0 Å². The van der Waals surface area contributed by atoms with Gasteiger partial charge in [-0.25, -0.2) is 0 Å². The largest absolute Gasteiger partial charge is 0.309 e. The summed E-state index contributed by atoms with van der Waals surface area (Å²) in [5.74, 6) is 0. The highest BCUT2D eigenvalue weighted by Gasteiger charge is 2.19. The lowest BCUT2D eigenvalue weighted by Crippen LogP contribution is -1.96. The number of nitriles is 1. The van der Waals surface area contributed by atoms with E-state index in [-0.39, 0.29) is 0 Å². The normalized spacial score (nSPS) is 11.7. The van der Waals surface area contributed by atoms with Gasteiger partial charge in [-0.05, 0) is 81.7 Å². The highest BCUT2D eigenvalue weighted by atomic mass is 15.0. The van der Waals surface area contributed by atoms with Gasteiger partial charge in [0.25, 0.3) is 0 Å². The molecule has 10 aromatic rings. The van der Waals surface area contributed by atoms with E-state index in [2.05, 4.69) is 167 Å². The Morgan fingerprint density at radius 1 is 0.396 bits per heavy atom. The van der Waals surface area contributed by atoms with Crippen molar-refractivity contribution in [2.75, 3.05) is 0 Å². The predicted molar refractivity (Wildman–Crippen MR) is 200 cm³/mol. The minimum absolute atomic E-state index is 0.674. The molecule has 0 amide bonds. The first-order chi connectivity index (χ1) is 23.8. The number of hydrogen-bond acceptors (Lipinski definition) is 1. The quantitative estimate of drug-likeness (QED) is 0.183. The number of benzene rings is 8. The second kappa shape index (κ2) is 10.2. The van der Waals surface area contributed by atoms with Gasteiger partial charge in [-0.1, -0.05) is 109 Å². The molecule has 0 atom stereocenters. The van der Waals surface area contributed by atoms with Crippen molar-refractivity contribution in [3.63, 3.8) is 0 Å². The van der Waals surface area contributed by atoms with Crippen LogP contribution in [0.4, 0.5) is 0 Å². The Kier molecular flexibility index (Phi) is 5.64. The second-order valence-electron chi connectivity index (χ2n) is 12.5. The van der Waals surface area contributed by atoms with Crippen molar-refractivity contribution in [3.05, 3.63) is 169 Å². The Labute approximate surface area is 276 Å². The van der Waals surface area contributed by atoms with Gasteiger partial charge in [0.2, 0.25) is 0 Å². The van der Waals surface area contributed by atoms with Gasteiger partial charge in [0.15, 0.2) is 0 Å². The topological polar surface area (TPSA) is 33.6 Å². The third-order valence-corrected chi connectivity index (χ3v) is 9.90. The van der Waals surface area contributed by atoms with Gasteiger partial charge in [0.05, 0.1) is 33.7 Å². The summed E-state index contributed by atoms with van der Waals surface area (Å²) < 4.78 is 4.81. The van der Waals surface area contributed by atoms with Crippen LogP contribution >= 0.6 is 0 Å². The molecular formula is C45H27N3. The SMILES string of the molecule is N#Cc1ccc2c(ccc3ccc(-n4c5ccccc5c5cccc(-c6ccc7c8ccccc8n(-c8ccccc8)c7c6)c54)cc32)c1. The Morgan fingerprint density at radius 2 is 1.06 bits per heavy atom. The Bertz CT molecular complexity index is 2950. The van der Waals surface area contributed by atoms with Crippen LogP contribution in [0.5, 0.6) is 0 Å². The van der Waals surface area contributed by atoms with Gasteiger partial charge in [-0.15, -0.1) is 0 Å². The average Bonchev–Trinajstić information content (AvgIpc) is 3.67. The molecule has 0 unspecified atom stereocenters. The smallest absolute Gasteiger partial charge is 0.0991 e. The molecule has 3 heteroatoms. The fraction of sp³-hybridized carbons (Fsp3) is 0. The summed E-state index contributed by atoms with van der Waals surface area (Å²) in [7, 11) is 0. The van der Waals surface area contributed by atoms with Crippen LogP contribution in [-0.4, -0.2) is 9.13 Å². The van der Waals surface area contributed by atoms with Crippen molar-refractivity contribution in [3.8, 4) is 28.6 Å². The van der Waals surface area contributed by atoms with Crippen molar-refractivity contribution in [2.24, 2.45) is 0 Å². The summed E-state index contributed by atoms with van der Waals surface area (Å²) in [6, 6.07) is 60.9. The highest BCUT2D eigenvalue weighted by Crippen LogP contribution is 2.41. The van der Waals surface area contributed by atoms with E-state index in [1.165, 1.54) is 65.5 Å². The van der Waals surface area contributed by atoms with Gasteiger partial charge in [-0.2, -0.15) is 5.26 Å². The molecule has 8 aromatic carbocycles. The lowest BCUT2D eigenvalue weighted by Gasteiger charge is -2.14. The summed E-state index contributed by atoms with van der Waals surface area (Å²) in [5.41, 5.74) is 10.0. The van der Waals surface area contributed by atoms with Crippen LogP contribution in [0.1, 0.15) is 5.56 Å². The van der Waals surface area contributed by atoms with Gasteiger partial charge in [0.1, 0.15) is 0 Å². The third kappa shape index (κ3) is 3.81. The highest BCUT2D eigenvalue weighted by molar-refractivity contribution is 6.16. The van der Waals surface area contributed by atoms with E-state index >= 15 is 0 Å². The van der Waals surface area contributed by atoms with Gasteiger partial charge in [0, 0.05) is 38.5 Å². The molecule has 0 saturated heterocycles. The van der Waals surface area contributed by atoms with Crippen LogP contribution in [0.2, 0.25) is 0 Å². The third-order valence-electron chi connectivity index (χ3n) is 9.90. The molecule has 0 spiro atoms. The van der Waals surface area contributed by atoms with E-state index in [4.69, 9.17) is 0 Å². The average molecular weight is 610 g/mol. The van der Waals surface area contributed by atoms with Gasteiger partial charge >= 0.3 is 0 Å². The van der Waals surface area contributed by atoms with E-state index in [1.807, 2.05) is 12.1 Å². The maximum absolute atomic E-state index is 9.51. The molecule has 0 aliphatic heterocycles. The predicted octanol–water partition coefficient (Wildman–Crippen LogP) is 11.7. The summed E-state index contributed by atoms with van der Waals surface area (Å²) in [6.45, 7) is 0.